The third-order valence-electron chi connectivity index (χ3n) is 3.47. The number of aliphatic carboxylic acids is 1. The predicted molar refractivity (Wildman–Crippen MR) is 75.2 cm³/mol. The molecule has 0 heterocycles. The molecule has 0 bridgehead atoms. The molecule has 0 aromatic heterocycles. The van der Waals surface area contributed by atoms with E-state index in [1.165, 1.54) is 0 Å². The summed E-state index contributed by atoms with van der Waals surface area (Å²) in [6, 6.07) is 7.63. The topological polar surface area (TPSA) is 37.3 Å². The van der Waals surface area contributed by atoms with Crippen molar-refractivity contribution < 1.29 is 9.90 Å². The van der Waals surface area contributed by atoms with Gasteiger partial charge in [0, 0.05) is 15.2 Å². The molecule has 1 aliphatic carbocycles. The number of hydrogen-bond acceptors (Lipinski definition) is 2. The zero-order valence-corrected chi connectivity index (χ0v) is 11.9. The van der Waals surface area contributed by atoms with E-state index in [-0.39, 0.29) is 11.2 Å². The van der Waals surface area contributed by atoms with E-state index in [1.54, 1.807) is 11.8 Å². The largest absolute Gasteiger partial charge is 0.481 e. The summed E-state index contributed by atoms with van der Waals surface area (Å²) in [6.45, 7) is 2.20. The molecule has 4 heteroatoms. The van der Waals surface area contributed by atoms with Crippen LogP contribution in [0.2, 0.25) is 5.02 Å². The number of carbonyl (C=O) groups is 1. The van der Waals surface area contributed by atoms with Crippen LogP contribution in [0.1, 0.15) is 26.2 Å². The molecule has 18 heavy (non-hydrogen) atoms. The average Bonchev–Trinajstić information content (AvgIpc) is 2.32. The third-order valence-corrected chi connectivity index (χ3v) is 5.09. The minimum absolute atomic E-state index is 0.174. The second-order valence-electron chi connectivity index (χ2n) is 4.97. The third kappa shape index (κ3) is 3.42. The van der Waals surface area contributed by atoms with Gasteiger partial charge in [0.05, 0.1) is 5.92 Å². The van der Waals surface area contributed by atoms with E-state index in [1.807, 2.05) is 24.3 Å². The summed E-state index contributed by atoms with van der Waals surface area (Å²) in [5, 5.41) is 10.2. The van der Waals surface area contributed by atoms with Crippen LogP contribution in [0.25, 0.3) is 0 Å². The van der Waals surface area contributed by atoms with Crippen LogP contribution in [0, 0.1) is 11.8 Å². The van der Waals surface area contributed by atoms with E-state index in [0.717, 1.165) is 24.2 Å². The highest BCUT2D eigenvalue weighted by Crippen LogP contribution is 2.40. The molecule has 1 aliphatic rings. The highest BCUT2D eigenvalue weighted by Gasteiger charge is 2.34. The molecule has 1 aromatic carbocycles. The van der Waals surface area contributed by atoms with Crippen molar-refractivity contribution in [2.24, 2.45) is 11.8 Å². The van der Waals surface area contributed by atoms with E-state index in [2.05, 4.69) is 6.92 Å². The van der Waals surface area contributed by atoms with Crippen LogP contribution in [0.5, 0.6) is 0 Å². The molecule has 0 aliphatic heterocycles. The van der Waals surface area contributed by atoms with E-state index in [0.29, 0.717) is 10.9 Å². The summed E-state index contributed by atoms with van der Waals surface area (Å²) in [6.07, 6.45) is 2.79. The molecule has 2 nitrogen and oxygen atoms in total. The van der Waals surface area contributed by atoms with Crippen LogP contribution < -0.4 is 0 Å². The summed E-state index contributed by atoms with van der Waals surface area (Å²) in [4.78, 5) is 12.4. The molecule has 0 spiro atoms. The Labute approximate surface area is 117 Å². The quantitative estimate of drug-likeness (QED) is 0.898. The Kier molecular flexibility index (Phi) is 4.57. The second-order valence-corrected chi connectivity index (χ2v) is 6.72. The summed E-state index contributed by atoms with van der Waals surface area (Å²) in [7, 11) is 0. The summed E-state index contributed by atoms with van der Waals surface area (Å²) in [5.74, 6) is -0.263. The van der Waals surface area contributed by atoms with Crippen molar-refractivity contribution >= 4 is 29.3 Å². The van der Waals surface area contributed by atoms with Crippen LogP contribution in [0.4, 0.5) is 0 Å². The summed E-state index contributed by atoms with van der Waals surface area (Å²) in [5.41, 5.74) is 0. The highest BCUT2D eigenvalue weighted by molar-refractivity contribution is 8.00. The molecule has 3 atom stereocenters. The monoisotopic (exact) mass is 284 g/mol. The normalized spacial score (nSPS) is 28.0. The lowest BCUT2D eigenvalue weighted by atomic mass is 9.82. The Hall–Kier alpha value is -0.670. The molecule has 1 saturated carbocycles. The van der Waals surface area contributed by atoms with E-state index in [4.69, 9.17) is 11.6 Å². The Morgan fingerprint density at radius 1 is 1.33 bits per heavy atom. The smallest absolute Gasteiger partial charge is 0.307 e. The van der Waals surface area contributed by atoms with Crippen LogP contribution >= 0.6 is 23.4 Å². The van der Waals surface area contributed by atoms with Gasteiger partial charge in [0.2, 0.25) is 0 Å². The number of halogens is 1. The number of carboxylic acid groups (broad SMARTS) is 1. The minimum atomic E-state index is -0.659. The lowest BCUT2D eigenvalue weighted by Gasteiger charge is -2.31. The number of carboxylic acids is 1. The van der Waals surface area contributed by atoms with Gasteiger partial charge < -0.3 is 5.11 Å². The van der Waals surface area contributed by atoms with Gasteiger partial charge in [-0.25, -0.2) is 0 Å². The fourth-order valence-electron chi connectivity index (χ4n) is 2.43. The average molecular weight is 285 g/mol. The zero-order chi connectivity index (χ0) is 13.1. The van der Waals surface area contributed by atoms with Crippen molar-refractivity contribution in [3.63, 3.8) is 0 Å². The van der Waals surface area contributed by atoms with Crippen molar-refractivity contribution in [2.45, 2.75) is 36.3 Å². The lowest BCUT2D eigenvalue weighted by Crippen LogP contribution is -2.31. The van der Waals surface area contributed by atoms with Gasteiger partial charge in [-0.05, 0) is 49.4 Å². The van der Waals surface area contributed by atoms with E-state index < -0.39 is 5.97 Å². The van der Waals surface area contributed by atoms with E-state index in [9.17, 15) is 9.90 Å². The first-order chi connectivity index (χ1) is 8.56. The molecule has 1 fully saturated rings. The fraction of sp³-hybridized carbons (Fsp3) is 0.500. The fourth-order valence-corrected chi connectivity index (χ4v) is 4.04. The molecule has 2 rings (SSSR count). The van der Waals surface area contributed by atoms with Gasteiger partial charge in [-0.2, -0.15) is 0 Å². The first kappa shape index (κ1) is 13.8. The number of hydrogen-bond donors (Lipinski definition) is 1. The Balaban J connectivity index is 2.08. The number of thioether (sulfide) groups is 1. The van der Waals surface area contributed by atoms with Gasteiger partial charge >= 0.3 is 5.97 Å². The molecule has 0 radical (unpaired) electrons. The van der Waals surface area contributed by atoms with Crippen molar-refractivity contribution in [1.29, 1.82) is 0 Å². The SMILES string of the molecule is CC1CCC(C(=O)O)C(Sc2ccc(Cl)cc2)C1. The van der Waals surface area contributed by atoms with Gasteiger partial charge in [-0.15, -0.1) is 11.8 Å². The van der Waals surface area contributed by atoms with Crippen molar-refractivity contribution in [3.05, 3.63) is 29.3 Å². The number of benzene rings is 1. The maximum Gasteiger partial charge on any atom is 0.307 e. The highest BCUT2D eigenvalue weighted by atomic mass is 35.5. The van der Waals surface area contributed by atoms with Gasteiger partial charge in [0.15, 0.2) is 0 Å². The Bertz CT molecular complexity index is 418. The first-order valence-electron chi connectivity index (χ1n) is 6.21. The molecule has 98 valence electrons. The maximum absolute atomic E-state index is 11.3. The van der Waals surface area contributed by atoms with Crippen LogP contribution in [-0.2, 0) is 4.79 Å². The lowest BCUT2D eigenvalue weighted by molar-refractivity contribution is -0.142. The molecular weight excluding hydrogens is 268 g/mol. The summed E-state index contributed by atoms with van der Waals surface area (Å²) >= 11 is 7.53. The standard InChI is InChI=1S/C14H17ClO2S/c1-9-2-7-12(14(16)17)13(8-9)18-11-5-3-10(15)4-6-11/h3-6,9,12-13H,2,7-8H2,1H3,(H,16,17). The van der Waals surface area contributed by atoms with Crippen molar-refractivity contribution in [1.82, 2.24) is 0 Å². The van der Waals surface area contributed by atoms with Gasteiger partial charge in [0.1, 0.15) is 0 Å². The van der Waals surface area contributed by atoms with Crippen LogP contribution in [0.15, 0.2) is 29.2 Å². The molecule has 3 unspecified atom stereocenters. The maximum atomic E-state index is 11.3. The molecule has 0 amide bonds. The number of rotatable bonds is 3. The van der Waals surface area contributed by atoms with Crippen molar-refractivity contribution in [2.75, 3.05) is 0 Å². The predicted octanol–water partition coefficient (Wildman–Crippen LogP) is 4.32. The Morgan fingerprint density at radius 3 is 2.61 bits per heavy atom. The van der Waals surface area contributed by atoms with Gasteiger partial charge in [0.25, 0.3) is 0 Å². The molecule has 1 aromatic rings. The second kappa shape index (κ2) is 5.98. The molecule has 0 saturated heterocycles. The molecule has 1 N–H and O–H groups in total. The minimum Gasteiger partial charge on any atom is -0.481 e. The summed E-state index contributed by atoms with van der Waals surface area (Å²) < 4.78 is 0. The first-order valence-corrected chi connectivity index (χ1v) is 7.47. The molecular formula is C14H17ClO2S. The zero-order valence-electron chi connectivity index (χ0n) is 10.3. The van der Waals surface area contributed by atoms with Gasteiger partial charge in [-0.3, -0.25) is 4.79 Å². The van der Waals surface area contributed by atoms with E-state index >= 15 is 0 Å². The van der Waals surface area contributed by atoms with Gasteiger partial charge in [-0.1, -0.05) is 18.5 Å². The van der Waals surface area contributed by atoms with Crippen LogP contribution in [0.3, 0.4) is 0 Å². The Morgan fingerprint density at radius 2 is 2.00 bits per heavy atom. The van der Waals surface area contributed by atoms with Crippen molar-refractivity contribution in [3.8, 4) is 0 Å². The van der Waals surface area contributed by atoms with Crippen LogP contribution in [-0.4, -0.2) is 16.3 Å².